The number of likely N-dealkylation sites (tertiary alicyclic amines) is 1. The van der Waals surface area contributed by atoms with E-state index in [2.05, 4.69) is 4.99 Å². The van der Waals surface area contributed by atoms with E-state index in [4.69, 9.17) is 4.74 Å². The Balaban J connectivity index is 1.75. The van der Waals surface area contributed by atoms with E-state index in [1.807, 2.05) is 4.90 Å². The minimum absolute atomic E-state index is 0.627. The second kappa shape index (κ2) is 4.59. The number of thioether (sulfide) groups is 1. The summed E-state index contributed by atoms with van der Waals surface area (Å²) < 4.78 is 30.5. The summed E-state index contributed by atoms with van der Waals surface area (Å²) in [5.41, 5.74) is -0.627. The predicted molar refractivity (Wildman–Crippen MR) is 61.7 cm³/mol. The number of aliphatic hydroxyl groups excluding tert-OH is 2. The summed E-state index contributed by atoms with van der Waals surface area (Å²) in [4.78, 5) is 6.30. The number of nitrogens with zero attached hydrogens (tertiary/aromatic N) is 2. The van der Waals surface area contributed by atoms with Crippen LogP contribution in [0.1, 0.15) is 6.42 Å². The van der Waals surface area contributed by atoms with Gasteiger partial charge in [-0.25, -0.2) is 8.78 Å². The zero-order valence-electron chi connectivity index (χ0n) is 9.45. The Hall–Kier alpha value is -0.440. The number of fused-ring (bicyclic) bond motifs is 1. The molecule has 2 saturated heterocycles. The van der Waals surface area contributed by atoms with Crippen molar-refractivity contribution in [3.8, 4) is 0 Å². The first-order chi connectivity index (χ1) is 8.58. The van der Waals surface area contributed by atoms with E-state index in [1.54, 1.807) is 0 Å². The zero-order valence-corrected chi connectivity index (χ0v) is 10.3. The minimum atomic E-state index is -2.82. The Morgan fingerprint density at radius 1 is 1.33 bits per heavy atom. The van der Waals surface area contributed by atoms with E-state index in [0.717, 1.165) is 24.7 Å². The van der Waals surface area contributed by atoms with Crippen LogP contribution in [0.4, 0.5) is 8.78 Å². The highest BCUT2D eigenvalue weighted by atomic mass is 32.2. The molecule has 0 radical (unpaired) electrons. The largest absolute Gasteiger partial charge is 0.388 e. The van der Waals surface area contributed by atoms with Crippen LogP contribution in [0, 0.1) is 0 Å². The van der Waals surface area contributed by atoms with Crippen LogP contribution in [0.15, 0.2) is 4.99 Å². The van der Waals surface area contributed by atoms with Crippen molar-refractivity contribution in [2.24, 2.45) is 4.99 Å². The molecule has 5 nitrogen and oxygen atoms in total. The number of rotatable bonds is 1. The molecular weight excluding hydrogens is 266 g/mol. The molecule has 3 aliphatic rings. The van der Waals surface area contributed by atoms with E-state index >= 15 is 0 Å². The fourth-order valence-electron chi connectivity index (χ4n) is 2.24. The molecule has 18 heavy (non-hydrogen) atoms. The lowest BCUT2D eigenvalue weighted by molar-refractivity contribution is -0.193. The van der Waals surface area contributed by atoms with Crippen LogP contribution in [-0.4, -0.2) is 69.6 Å². The number of hydrogen-bond acceptors (Lipinski definition) is 6. The molecule has 2 N–H and O–H groups in total. The third-order valence-electron chi connectivity index (χ3n) is 3.46. The molecule has 3 aliphatic heterocycles. The number of aliphatic imine (C=N–C) groups is 1. The molecule has 0 amide bonds. The number of amidine groups is 1. The van der Waals surface area contributed by atoms with Crippen molar-refractivity contribution in [1.29, 1.82) is 0 Å². The van der Waals surface area contributed by atoms with Gasteiger partial charge in [0.1, 0.15) is 29.8 Å². The Kier molecular flexibility index (Phi) is 3.21. The van der Waals surface area contributed by atoms with Crippen LogP contribution in [-0.2, 0) is 4.74 Å². The van der Waals surface area contributed by atoms with Crippen molar-refractivity contribution >= 4 is 16.9 Å². The van der Waals surface area contributed by atoms with Crippen molar-refractivity contribution in [3.63, 3.8) is 0 Å². The standard InChI is InChI=1S/C10H14F2N2O3S/c11-8(12)7-6(16)5(15)4-9(17-7)18-10(13-4)14-2-1-3-14/h4-9,15-16H,1-3H2. The fraction of sp³-hybridized carbons (Fsp3) is 0.900. The van der Waals surface area contributed by atoms with Gasteiger partial charge in [-0.15, -0.1) is 0 Å². The molecule has 0 aromatic carbocycles. The Morgan fingerprint density at radius 2 is 2.06 bits per heavy atom. The second-order valence-electron chi connectivity index (χ2n) is 4.65. The molecule has 0 saturated carbocycles. The Bertz CT molecular complexity index is 367. The topological polar surface area (TPSA) is 65.3 Å². The molecule has 5 unspecified atom stereocenters. The smallest absolute Gasteiger partial charge is 0.267 e. The summed E-state index contributed by atoms with van der Waals surface area (Å²) in [6, 6.07) is -0.657. The van der Waals surface area contributed by atoms with E-state index < -0.39 is 36.2 Å². The molecule has 3 rings (SSSR count). The summed E-state index contributed by atoms with van der Waals surface area (Å²) in [5.74, 6) is 0. The third kappa shape index (κ3) is 1.91. The summed E-state index contributed by atoms with van der Waals surface area (Å²) in [6.07, 6.45) is -6.26. The molecular formula is C10H14F2N2O3S. The van der Waals surface area contributed by atoms with Crippen molar-refractivity contribution in [3.05, 3.63) is 0 Å². The van der Waals surface area contributed by atoms with Crippen LogP contribution >= 0.6 is 11.8 Å². The molecule has 8 heteroatoms. The highest BCUT2D eigenvalue weighted by molar-refractivity contribution is 8.14. The highest BCUT2D eigenvalue weighted by Gasteiger charge is 2.51. The summed E-state index contributed by atoms with van der Waals surface area (Å²) in [5, 5.41) is 20.2. The van der Waals surface area contributed by atoms with Gasteiger partial charge in [0.2, 0.25) is 0 Å². The molecule has 0 aromatic heterocycles. The molecule has 0 bridgehead atoms. The first-order valence-corrected chi connectivity index (χ1v) is 6.75. The average molecular weight is 280 g/mol. The van der Waals surface area contributed by atoms with Crippen LogP contribution in [0.25, 0.3) is 0 Å². The second-order valence-corrected chi connectivity index (χ2v) is 5.71. The summed E-state index contributed by atoms with van der Waals surface area (Å²) in [6.45, 7) is 1.78. The average Bonchev–Trinajstić information content (AvgIpc) is 2.64. The van der Waals surface area contributed by atoms with Crippen molar-refractivity contribution in [2.45, 2.75) is 42.6 Å². The monoisotopic (exact) mass is 280 g/mol. The van der Waals surface area contributed by atoms with E-state index in [9.17, 15) is 19.0 Å². The summed E-state index contributed by atoms with van der Waals surface area (Å²) in [7, 11) is 0. The lowest BCUT2D eigenvalue weighted by Gasteiger charge is -2.37. The maximum absolute atomic E-state index is 12.7. The number of aliphatic hydroxyl groups is 2. The lowest BCUT2D eigenvalue weighted by atomic mass is 9.98. The van der Waals surface area contributed by atoms with Gasteiger partial charge in [-0.05, 0) is 6.42 Å². The fourth-order valence-corrected chi connectivity index (χ4v) is 3.51. The van der Waals surface area contributed by atoms with E-state index in [-0.39, 0.29) is 0 Å². The van der Waals surface area contributed by atoms with Crippen molar-refractivity contribution in [2.75, 3.05) is 13.1 Å². The predicted octanol–water partition coefficient (Wildman–Crippen LogP) is -0.125. The first-order valence-electron chi connectivity index (χ1n) is 5.87. The van der Waals surface area contributed by atoms with Gasteiger partial charge < -0.3 is 19.8 Å². The third-order valence-corrected chi connectivity index (χ3v) is 4.66. The van der Waals surface area contributed by atoms with Crippen molar-refractivity contribution in [1.82, 2.24) is 4.90 Å². The van der Waals surface area contributed by atoms with E-state index in [1.165, 1.54) is 11.8 Å². The van der Waals surface area contributed by atoms with Crippen LogP contribution in [0.2, 0.25) is 0 Å². The zero-order chi connectivity index (χ0) is 12.9. The van der Waals surface area contributed by atoms with Gasteiger partial charge in [0.15, 0.2) is 5.17 Å². The van der Waals surface area contributed by atoms with Crippen molar-refractivity contribution < 1.29 is 23.7 Å². The molecule has 2 fully saturated rings. The highest BCUT2D eigenvalue weighted by Crippen LogP contribution is 2.39. The molecule has 0 spiro atoms. The molecule has 3 heterocycles. The lowest BCUT2D eigenvalue weighted by Crippen LogP contribution is -2.56. The SMILES string of the molecule is OC1C(O)C(C(F)F)OC2SC(N3CCC3)=NC21. The van der Waals surface area contributed by atoms with Crippen LogP contribution in [0.5, 0.6) is 0 Å². The Morgan fingerprint density at radius 3 is 2.61 bits per heavy atom. The minimum Gasteiger partial charge on any atom is -0.388 e. The number of alkyl halides is 2. The first kappa shape index (κ1) is 12.6. The van der Waals surface area contributed by atoms with Gasteiger partial charge in [0.25, 0.3) is 6.43 Å². The molecule has 0 aliphatic carbocycles. The maximum Gasteiger partial charge on any atom is 0.267 e. The summed E-state index contributed by atoms with van der Waals surface area (Å²) >= 11 is 1.25. The van der Waals surface area contributed by atoms with Gasteiger partial charge in [-0.3, -0.25) is 4.99 Å². The van der Waals surface area contributed by atoms with Crippen LogP contribution < -0.4 is 0 Å². The number of hydrogen-bond donors (Lipinski definition) is 2. The molecule has 0 aromatic rings. The van der Waals surface area contributed by atoms with Gasteiger partial charge in [0, 0.05) is 13.1 Å². The maximum atomic E-state index is 12.7. The number of halogens is 2. The molecule has 102 valence electrons. The number of ether oxygens (including phenoxy) is 1. The Labute approximate surface area is 107 Å². The quantitative estimate of drug-likeness (QED) is 0.701. The van der Waals surface area contributed by atoms with E-state index in [0.29, 0.717) is 0 Å². The molecule has 5 atom stereocenters. The van der Waals surface area contributed by atoms with Crippen LogP contribution in [0.3, 0.4) is 0 Å². The van der Waals surface area contributed by atoms with Gasteiger partial charge in [-0.2, -0.15) is 0 Å². The van der Waals surface area contributed by atoms with Gasteiger partial charge >= 0.3 is 0 Å². The normalized spacial score (nSPS) is 43.7. The van der Waals surface area contributed by atoms with Gasteiger partial charge in [0.05, 0.1) is 0 Å². The van der Waals surface area contributed by atoms with Gasteiger partial charge in [-0.1, -0.05) is 11.8 Å².